The highest BCUT2D eigenvalue weighted by molar-refractivity contribution is 6.53. The lowest BCUT2D eigenvalue weighted by atomic mass is 10.1. The molecule has 0 heterocycles. The molecule has 1 aliphatic carbocycles. The molecule has 1 aliphatic rings. The van der Waals surface area contributed by atoms with Crippen LogP contribution in [0.4, 0.5) is 5.69 Å². The second kappa shape index (κ2) is 6.34. The Morgan fingerprint density at radius 1 is 1.36 bits per heavy atom. The Morgan fingerprint density at radius 3 is 2.64 bits per heavy atom. The lowest BCUT2D eigenvalue weighted by molar-refractivity contribution is -0.125. The maximum Gasteiger partial charge on any atom is 0.229 e. The number of alkyl halides is 2. The number of hydrogen-bond acceptors (Lipinski definition) is 3. The topological polar surface area (TPSA) is 67.4 Å². The maximum atomic E-state index is 11.9. The van der Waals surface area contributed by atoms with Crippen LogP contribution in [0, 0.1) is 5.41 Å². The van der Waals surface area contributed by atoms with Crippen LogP contribution < -0.4 is 15.4 Å². The van der Waals surface area contributed by atoms with Crippen molar-refractivity contribution in [2.75, 3.05) is 18.5 Å². The van der Waals surface area contributed by atoms with E-state index in [2.05, 4.69) is 10.6 Å². The van der Waals surface area contributed by atoms with Crippen molar-refractivity contribution in [3.63, 3.8) is 0 Å². The Hall–Kier alpha value is -1.46. The van der Waals surface area contributed by atoms with Crippen molar-refractivity contribution in [3.8, 4) is 5.75 Å². The van der Waals surface area contributed by atoms with Gasteiger partial charge in [-0.05, 0) is 25.5 Å². The molecular formula is C15H18Cl2N2O3. The molecule has 0 unspecified atom stereocenters. The third-order valence-corrected chi connectivity index (χ3v) is 4.67. The zero-order valence-corrected chi connectivity index (χ0v) is 13.9. The van der Waals surface area contributed by atoms with Crippen LogP contribution >= 0.6 is 23.2 Å². The highest BCUT2D eigenvalue weighted by Crippen LogP contribution is 2.63. The van der Waals surface area contributed by atoms with Crippen molar-refractivity contribution < 1.29 is 14.3 Å². The minimum atomic E-state index is -0.968. The van der Waals surface area contributed by atoms with E-state index in [1.54, 1.807) is 31.2 Å². The number of halogens is 2. The standard InChI is InChI=1S/C15H18Cl2N2O3/c1-10(20)19-11-4-3-5-12(8-11)22-7-6-18-13(21)14(2)9-15(14,16)17/h3-5,8H,6-7,9H2,1-2H3,(H,18,21)(H,19,20)/t14-/m1/s1. The van der Waals surface area contributed by atoms with Crippen LogP contribution in [0.5, 0.6) is 5.75 Å². The van der Waals surface area contributed by atoms with Crippen LogP contribution in [0.3, 0.4) is 0 Å². The molecule has 2 amide bonds. The first-order valence-corrected chi connectivity index (χ1v) is 7.67. The summed E-state index contributed by atoms with van der Waals surface area (Å²) >= 11 is 11.9. The molecule has 0 bridgehead atoms. The second-order valence-electron chi connectivity index (χ2n) is 5.53. The van der Waals surface area contributed by atoms with E-state index in [4.69, 9.17) is 27.9 Å². The molecule has 0 spiro atoms. The average Bonchev–Trinajstić information content (AvgIpc) is 2.94. The van der Waals surface area contributed by atoms with Gasteiger partial charge in [-0.2, -0.15) is 0 Å². The van der Waals surface area contributed by atoms with Gasteiger partial charge in [0.1, 0.15) is 16.7 Å². The number of nitrogens with one attached hydrogen (secondary N) is 2. The second-order valence-corrected chi connectivity index (χ2v) is 7.01. The minimum Gasteiger partial charge on any atom is -0.492 e. The summed E-state index contributed by atoms with van der Waals surface area (Å²) in [7, 11) is 0. The van der Waals surface area contributed by atoms with Gasteiger partial charge in [-0.3, -0.25) is 9.59 Å². The molecule has 7 heteroatoms. The number of amides is 2. The first-order chi connectivity index (χ1) is 10.2. The molecule has 0 aliphatic heterocycles. The van der Waals surface area contributed by atoms with Gasteiger partial charge in [0.25, 0.3) is 0 Å². The molecule has 1 atom stereocenters. The quantitative estimate of drug-likeness (QED) is 0.615. The summed E-state index contributed by atoms with van der Waals surface area (Å²) < 4.78 is 4.56. The summed E-state index contributed by atoms with van der Waals surface area (Å²) in [6.45, 7) is 3.83. The van der Waals surface area contributed by atoms with Gasteiger partial charge in [-0.25, -0.2) is 0 Å². The number of benzene rings is 1. The molecule has 5 nitrogen and oxygen atoms in total. The lowest BCUT2D eigenvalue weighted by Crippen LogP contribution is -2.35. The van der Waals surface area contributed by atoms with E-state index >= 15 is 0 Å². The predicted molar refractivity (Wildman–Crippen MR) is 86.4 cm³/mol. The molecule has 22 heavy (non-hydrogen) atoms. The fourth-order valence-corrected chi connectivity index (χ4v) is 2.75. The molecular weight excluding hydrogens is 327 g/mol. The zero-order chi connectivity index (χ0) is 16.4. The first kappa shape index (κ1) is 16.9. The first-order valence-electron chi connectivity index (χ1n) is 6.91. The summed E-state index contributed by atoms with van der Waals surface area (Å²) in [5, 5.41) is 5.43. The zero-order valence-electron chi connectivity index (χ0n) is 12.4. The Bertz CT molecular complexity index is 592. The van der Waals surface area contributed by atoms with Crippen LogP contribution in [0.2, 0.25) is 0 Å². The lowest BCUT2D eigenvalue weighted by Gasteiger charge is -2.13. The number of anilines is 1. The molecule has 1 saturated carbocycles. The van der Waals surface area contributed by atoms with E-state index < -0.39 is 9.75 Å². The van der Waals surface area contributed by atoms with Gasteiger partial charge in [0, 0.05) is 18.7 Å². The Balaban J connectivity index is 1.75. The molecule has 0 aromatic heterocycles. The van der Waals surface area contributed by atoms with Crippen molar-refractivity contribution in [1.82, 2.24) is 5.32 Å². The average molecular weight is 345 g/mol. The van der Waals surface area contributed by atoms with Gasteiger partial charge in [0.2, 0.25) is 11.8 Å². The number of carbonyl (C=O) groups is 2. The Morgan fingerprint density at radius 2 is 2.05 bits per heavy atom. The van der Waals surface area contributed by atoms with Crippen LogP contribution in [0.1, 0.15) is 20.3 Å². The van der Waals surface area contributed by atoms with E-state index in [-0.39, 0.29) is 11.8 Å². The fourth-order valence-electron chi connectivity index (χ4n) is 2.04. The van der Waals surface area contributed by atoms with E-state index in [0.717, 1.165) is 0 Å². The molecule has 1 fully saturated rings. The van der Waals surface area contributed by atoms with Gasteiger partial charge in [-0.15, -0.1) is 23.2 Å². The summed E-state index contributed by atoms with van der Waals surface area (Å²) in [6, 6.07) is 7.04. The van der Waals surface area contributed by atoms with Gasteiger partial charge in [0.15, 0.2) is 0 Å². The molecule has 2 N–H and O–H groups in total. The summed E-state index contributed by atoms with van der Waals surface area (Å²) in [5.41, 5.74) is -0.0601. The van der Waals surface area contributed by atoms with E-state index in [0.29, 0.717) is 31.0 Å². The summed E-state index contributed by atoms with van der Waals surface area (Å²) in [5.74, 6) is 0.294. The monoisotopic (exact) mass is 344 g/mol. The highest BCUT2D eigenvalue weighted by Gasteiger charge is 2.67. The fraction of sp³-hybridized carbons (Fsp3) is 0.467. The van der Waals surface area contributed by atoms with Gasteiger partial charge in [-0.1, -0.05) is 6.07 Å². The molecule has 0 radical (unpaired) electrons. The van der Waals surface area contributed by atoms with Crippen LogP contribution in [-0.2, 0) is 9.59 Å². The van der Waals surface area contributed by atoms with Crippen LogP contribution in [0.25, 0.3) is 0 Å². The van der Waals surface area contributed by atoms with Gasteiger partial charge >= 0.3 is 0 Å². The number of ether oxygens (including phenoxy) is 1. The van der Waals surface area contributed by atoms with Crippen LogP contribution in [0.15, 0.2) is 24.3 Å². The predicted octanol–water partition coefficient (Wildman–Crippen LogP) is 2.72. The number of rotatable bonds is 6. The maximum absolute atomic E-state index is 11.9. The number of carbonyl (C=O) groups excluding carboxylic acids is 2. The van der Waals surface area contributed by atoms with E-state index in [1.807, 2.05) is 0 Å². The Labute approximate surface area is 139 Å². The van der Waals surface area contributed by atoms with Crippen molar-refractivity contribution in [3.05, 3.63) is 24.3 Å². The van der Waals surface area contributed by atoms with E-state index in [9.17, 15) is 9.59 Å². The Kier molecular flexibility index (Phi) is 4.87. The van der Waals surface area contributed by atoms with Crippen LogP contribution in [-0.4, -0.2) is 29.3 Å². The third kappa shape index (κ3) is 3.84. The molecule has 1 aromatic rings. The summed E-state index contributed by atoms with van der Waals surface area (Å²) in [4.78, 5) is 22.9. The highest BCUT2D eigenvalue weighted by atomic mass is 35.5. The largest absolute Gasteiger partial charge is 0.492 e. The number of hydrogen-bond donors (Lipinski definition) is 2. The normalized spacial score (nSPS) is 21.8. The van der Waals surface area contributed by atoms with E-state index in [1.165, 1.54) is 6.92 Å². The molecule has 120 valence electrons. The SMILES string of the molecule is CC(=O)Nc1cccc(OCCNC(=O)[C@@]2(C)CC2(Cl)Cl)c1. The van der Waals surface area contributed by atoms with Crippen molar-refractivity contribution in [2.45, 2.75) is 24.6 Å². The smallest absolute Gasteiger partial charge is 0.229 e. The minimum absolute atomic E-state index is 0.146. The van der Waals surface area contributed by atoms with Crippen molar-refractivity contribution >= 4 is 40.7 Å². The summed E-state index contributed by atoms with van der Waals surface area (Å²) in [6.07, 6.45) is 0.453. The third-order valence-electron chi connectivity index (χ3n) is 3.57. The van der Waals surface area contributed by atoms with Gasteiger partial charge in [0.05, 0.1) is 12.0 Å². The van der Waals surface area contributed by atoms with Crippen molar-refractivity contribution in [2.24, 2.45) is 5.41 Å². The molecule has 2 rings (SSSR count). The molecule has 0 saturated heterocycles. The van der Waals surface area contributed by atoms with Crippen molar-refractivity contribution in [1.29, 1.82) is 0 Å². The van der Waals surface area contributed by atoms with Gasteiger partial charge < -0.3 is 15.4 Å². The molecule has 1 aromatic carbocycles.